The number of benzene rings is 1. The number of carbonyl (C=O) groups excluding carboxylic acids is 1. The van der Waals surface area contributed by atoms with Crippen LogP contribution in [0.5, 0.6) is 0 Å². The molecule has 29 heavy (non-hydrogen) atoms. The van der Waals surface area contributed by atoms with Crippen LogP contribution in [-0.2, 0) is 6.54 Å². The summed E-state index contributed by atoms with van der Waals surface area (Å²) in [5.41, 5.74) is 1.14. The molecule has 7 nitrogen and oxygen atoms in total. The Hall–Kier alpha value is -2.32. The van der Waals surface area contributed by atoms with Gasteiger partial charge in [-0.25, -0.2) is 14.8 Å². The molecule has 2 amide bonds. The summed E-state index contributed by atoms with van der Waals surface area (Å²) in [7, 11) is 1.84. The zero-order valence-corrected chi connectivity index (χ0v) is 18.1. The zero-order valence-electron chi connectivity index (χ0n) is 17.3. The summed E-state index contributed by atoms with van der Waals surface area (Å²) in [4.78, 5) is 28.6. The second-order valence-corrected chi connectivity index (χ2v) is 8.05. The number of urea groups is 1. The van der Waals surface area contributed by atoms with E-state index < -0.39 is 0 Å². The van der Waals surface area contributed by atoms with Gasteiger partial charge in [-0.05, 0) is 43.0 Å². The Kier molecular flexibility index (Phi) is 8.13. The lowest BCUT2D eigenvalue weighted by atomic mass is 10.2. The van der Waals surface area contributed by atoms with Gasteiger partial charge in [0.25, 0.3) is 0 Å². The van der Waals surface area contributed by atoms with Crippen LogP contribution in [0.4, 0.5) is 10.7 Å². The molecule has 0 spiro atoms. The van der Waals surface area contributed by atoms with E-state index in [-0.39, 0.29) is 6.03 Å². The molecule has 1 N–H and O–H groups in total. The number of piperazine rings is 1. The zero-order chi connectivity index (χ0) is 20.5. The molecular weight excluding hydrogens is 384 g/mol. The van der Waals surface area contributed by atoms with Gasteiger partial charge in [0.1, 0.15) is 0 Å². The average molecular weight is 415 g/mol. The van der Waals surface area contributed by atoms with Gasteiger partial charge in [-0.3, -0.25) is 4.90 Å². The third-order valence-corrected chi connectivity index (χ3v) is 5.80. The van der Waals surface area contributed by atoms with Crippen molar-refractivity contribution in [3.05, 3.63) is 48.3 Å². The summed E-state index contributed by atoms with van der Waals surface area (Å²) in [5, 5.41) is 3.03. The topological polar surface area (TPSA) is 64.6 Å². The van der Waals surface area contributed by atoms with Crippen molar-refractivity contribution in [2.45, 2.75) is 17.9 Å². The van der Waals surface area contributed by atoms with Crippen LogP contribution < -0.4 is 10.2 Å². The minimum absolute atomic E-state index is 0.0232. The monoisotopic (exact) mass is 414 g/mol. The van der Waals surface area contributed by atoms with Crippen molar-refractivity contribution >= 4 is 23.7 Å². The van der Waals surface area contributed by atoms with E-state index >= 15 is 0 Å². The highest BCUT2D eigenvalue weighted by molar-refractivity contribution is 7.98. The van der Waals surface area contributed by atoms with E-state index in [2.05, 4.69) is 55.6 Å². The third kappa shape index (κ3) is 6.61. The van der Waals surface area contributed by atoms with E-state index in [4.69, 9.17) is 0 Å². The summed E-state index contributed by atoms with van der Waals surface area (Å²) in [6.07, 6.45) is 6.58. The fraction of sp³-hybridized carbons (Fsp3) is 0.476. The van der Waals surface area contributed by atoms with Crippen molar-refractivity contribution in [2.24, 2.45) is 0 Å². The first kappa shape index (κ1) is 21.4. The summed E-state index contributed by atoms with van der Waals surface area (Å²) < 4.78 is 0. The Morgan fingerprint density at radius 3 is 2.48 bits per heavy atom. The number of nitrogens with zero attached hydrogens (tertiary/aromatic N) is 5. The summed E-state index contributed by atoms with van der Waals surface area (Å²) >= 11 is 1.72. The lowest BCUT2D eigenvalue weighted by Gasteiger charge is -2.34. The summed E-state index contributed by atoms with van der Waals surface area (Å²) in [5.74, 6) is 0.811. The molecule has 156 valence electrons. The second-order valence-electron chi connectivity index (χ2n) is 7.17. The lowest BCUT2D eigenvalue weighted by Crippen LogP contribution is -2.47. The van der Waals surface area contributed by atoms with Gasteiger partial charge in [0, 0.05) is 63.6 Å². The largest absolute Gasteiger partial charge is 0.338 e. The predicted octanol–water partition coefficient (Wildman–Crippen LogP) is 2.55. The number of hydrogen-bond acceptors (Lipinski definition) is 6. The molecule has 1 fully saturated rings. The van der Waals surface area contributed by atoms with Crippen LogP contribution in [0.15, 0.2) is 47.6 Å². The Morgan fingerprint density at radius 2 is 1.83 bits per heavy atom. The van der Waals surface area contributed by atoms with E-state index in [0.29, 0.717) is 13.1 Å². The molecule has 0 bridgehead atoms. The van der Waals surface area contributed by atoms with Crippen molar-refractivity contribution in [3.63, 3.8) is 0 Å². The van der Waals surface area contributed by atoms with Crippen molar-refractivity contribution in [2.75, 3.05) is 57.5 Å². The molecular formula is C21H30N6OS. The number of nitrogens with one attached hydrogen (secondary N) is 1. The van der Waals surface area contributed by atoms with Crippen molar-refractivity contribution in [1.82, 2.24) is 25.1 Å². The highest BCUT2D eigenvalue weighted by atomic mass is 32.2. The number of carbonyl (C=O) groups is 1. The summed E-state index contributed by atoms with van der Waals surface area (Å²) in [6.45, 7) is 6.17. The number of aromatic nitrogens is 2. The maximum absolute atomic E-state index is 12.3. The highest BCUT2D eigenvalue weighted by Crippen LogP contribution is 2.15. The van der Waals surface area contributed by atoms with Gasteiger partial charge in [0.15, 0.2) is 0 Å². The number of rotatable bonds is 8. The van der Waals surface area contributed by atoms with Crippen LogP contribution in [0.3, 0.4) is 0 Å². The Balaban J connectivity index is 1.30. The molecule has 0 atom stereocenters. The van der Waals surface area contributed by atoms with Gasteiger partial charge >= 0.3 is 6.03 Å². The first-order chi connectivity index (χ1) is 14.2. The van der Waals surface area contributed by atoms with E-state index in [9.17, 15) is 4.79 Å². The molecule has 2 heterocycles. The number of anilines is 1. The first-order valence-corrected chi connectivity index (χ1v) is 11.2. The Morgan fingerprint density at radius 1 is 1.14 bits per heavy atom. The summed E-state index contributed by atoms with van der Waals surface area (Å²) in [6, 6.07) is 10.2. The van der Waals surface area contributed by atoms with Gasteiger partial charge in [-0.1, -0.05) is 12.1 Å². The maximum Gasteiger partial charge on any atom is 0.317 e. The molecule has 1 aromatic heterocycles. The van der Waals surface area contributed by atoms with Crippen LogP contribution in [0.25, 0.3) is 0 Å². The molecule has 1 saturated heterocycles. The normalized spacial score (nSPS) is 14.6. The predicted molar refractivity (Wildman–Crippen MR) is 118 cm³/mol. The quantitative estimate of drug-likeness (QED) is 0.529. The van der Waals surface area contributed by atoms with Gasteiger partial charge in [0.2, 0.25) is 5.95 Å². The smallest absolute Gasteiger partial charge is 0.317 e. The molecule has 0 aliphatic carbocycles. The average Bonchev–Trinajstić information content (AvgIpc) is 2.78. The molecule has 8 heteroatoms. The minimum Gasteiger partial charge on any atom is -0.338 e. The van der Waals surface area contributed by atoms with Crippen LogP contribution in [-0.4, -0.2) is 78.4 Å². The molecule has 1 aliphatic rings. The Bertz CT molecular complexity index is 750. The number of hydrogen-bond donors (Lipinski definition) is 1. The minimum atomic E-state index is -0.0232. The molecule has 1 aliphatic heterocycles. The van der Waals surface area contributed by atoms with Gasteiger partial charge in [-0.2, -0.15) is 0 Å². The first-order valence-electron chi connectivity index (χ1n) is 10.0. The van der Waals surface area contributed by atoms with E-state index in [1.807, 2.05) is 13.1 Å². The standard InChI is InChI=1S/C21H30N6OS/c1-25(17-18-5-7-19(29-2)8-6-18)21(28)24-11-4-12-26-13-15-27(16-14-26)20-22-9-3-10-23-20/h3,5-10H,4,11-17H2,1-2H3,(H,24,28). The van der Waals surface area contributed by atoms with Gasteiger partial charge in [0.05, 0.1) is 0 Å². The van der Waals surface area contributed by atoms with Crippen molar-refractivity contribution < 1.29 is 4.79 Å². The van der Waals surface area contributed by atoms with E-state index in [1.165, 1.54) is 4.90 Å². The van der Waals surface area contributed by atoms with Gasteiger partial charge < -0.3 is 15.1 Å². The van der Waals surface area contributed by atoms with E-state index in [0.717, 1.165) is 50.7 Å². The van der Waals surface area contributed by atoms with Crippen molar-refractivity contribution in [3.8, 4) is 0 Å². The molecule has 3 rings (SSSR count). The fourth-order valence-corrected chi connectivity index (χ4v) is 3.74. The fourth-order valence-electron chi connectivity index (χ4n) is 3.34. The molecule has 0 radical (unpaired) electrons. The van der Waals surface area contributed by atoms with Crippen molar-refractivity contribution in [1.29, 1.82) is 0 Å². The number of thioether (sulfide) groups is 1. The van der Waals surface area contributed by atoms with Crippen LogP contribution in [0.2, 0.25) is 0 Å². The third-order valence-electron chi connectivity index (χ3n) is 5.06. The molecule has 1 aromatic carbocycles. The van der Waals surface area contributed by atoms with E-state index in [1.54, 1.807) is 29.1 Å². The van der Waals surface area contributed by atoms with Crippen LogP contribution >= 0.6 is 11.8 Å². The molecule has 2 aromatic rings. The highest BCUT2D eigenvalue weighted by Gasteiger charge is 2.18. The molecule has 0 unspecified atom stereocenters. The van der Waals surface area contributed by atoms with Crippen LogP contribution in [0, 0.1) is 0 Å². The van der Waals surface area contributed by atoms with Gasteiger partial charge in [-0.15, -0.1) is 11.8 Å². The molecule has 0 saturated carbocycles. The second kappa shape index (κ2) is 11.0. The lowest BCUT2D eigenvalue weighted by molar-refractivity contribution is 0.205. The maximum atomic E-state index is 12.3. The SMILES string of the molecule is CSc1ccc(CN(C)C(=O)NCCCN2CCN(c3ncccn3)CC2)cc1. The van der Waals surface area contributed by atoms with Crippen LogP contribution in [0.1, 0.15) is 12.0 Å². The number of amides is 2. The Labute approximate surface area is 177 Å².